The average Bonchev–Trinajstić information content (AvgIpc) is 3.43. The molecule has 2 aromatic heterocycles. The summed E-state index contributed by atoms with van der Waals surface area (Å²) < 4.78 is 39.1. The molecular formula is C28H29N5O6S2. The number of fused-ring (bicyclic) bond motifs is 1. The number of amides is 2. The molecule has 0 unspecified atom stereocenters. The third kappa shape index (κ3) is 6.16. The van der Waals surface area contributed by atoms with Crippen molar-refractivity contribution < 1.29 is 27.5 Å². The molecule has 2 aromatic carbocycles. The van der Waals surface area contributed by atoms with E-state index >= 15 is 0 Å². The van der Waals surface area contributed by atoms with Crippen LogP contribution in [0.5, 0.6) is 5.75 Å². The number of aromatic nitrogens is 2. The van der Waals surface area contributed by atoms with Crippen LogP contribution < -0.4 is 9.64 Å². The van der Waals surface area contributed by atoms with Gasteiger partial charge in [-0.2, -0.15) is 4.31 Å². The van der Waals surface area contributed by atoms with E-state index in [1.54, 1.807) is 37.4 Å². The molecule has 0 radical (unpaired) electrons. The first-order valence-electron chi connectivity index (χ1n) is 13.0. The molecular weight excluding hydrogens is 566 g/mol. The highest BCUT2D eigenvalue weighted by atomic mass is 32.2. The number of ether oxygens (including phenoxy) is 2. The lowest BCUT2D eigenvalue weighted by Gasteiger charge is -2.33. The fourth-order valence-corrected chi connectivity index (χ4v) is 6.85. The quantitative estimate of drug-likeness (QED) is 0.300. The number of benzene rings is 2. The zero-order chi connectivity index (χ0) is 29.0. The van der Waals surface area contributed by atoms with Gasteiger partial charge in [-0.05, 0) is 61.0 Å². The van der Waals surface area contributed by atoms with Crippen molar-refractivity contribution in [1.82, 2.24) is 19.2 Å². The molecule has 4 aromatic rings. The van der Waals surface area contributed by atoms with E-state index in [2.05, 4.69) is 9.97 Å². The molecule has 41 heavy (non-hydrogen) atoms. The second kappa shape index (κ2) is 12.2. The van der Waals surface area contributed by atoms with Gasteiger partial charge in [-0.1, -0.05) is 17.4 Å². The van der Waals surface area contributed by atoms with Gasteiger partial charge in [-0.25, -0.2) is 18.2 Å². The molecule has 1 aliphatic heterocycles. The van der Waals surface area contributed by atoms with Crippen molar-refractivity contribution in [2.45, 2.75) is 18.4 Å². The minimum atomic E-state index is -3.81. The second-order valence-electron chi connectivity index (χ2n) is 9.20. The van der Waals surface area contributed by atoms with Crippen molar-refractivity contribution in [3.8, 4) is 5.75 Å². The molecule has 11 nitrogen and oxygen atoms in total. The zero-order valence-electron chi connectivity index (χ0n) is 22.6. The number of nitrogens with zero attached hydrogens (tertiary/aromatic N) is 5. The number of pyridine rings is 1. The van der Waals surface area contributed by atoms with E-state index in [1.165, 1.54) is 44.8 Å². The summed E-state index contributed by atoms with van der Waals surface area (Å²) in [6.07, 6.45) is 2.90. The molecule has 1 saturated heterocycles. The van der Waals surface area contributed by atoms with Gasteiger partial charge in [-0.3, -0.25) is 14.7 Å². The van der Waals surface area contributed by atoms with Gasteiger partial charge in [0.15, 0.2) is 5.13 Å². The lowest BCUT2D eigenvalue weighted by atomic mass is 10.2. The number of sulfonamides is 1. The molecule has 0 saturated carbocycles. The Bertz CT molecular complexity index is 1640. The second-order valence-corrected chi connectivity index (χ2v) is 12.1. The van der Waals surface area contributed by atoms with Gasteiger partial charge < -0.3 is 14.4 Å². The molecule has 214 valence electrons. The number of thiazole rings is 1. The fraction of sp³-hybridized carbons (Fsp3) is 0.286. The van der Waals surface area contributed by atoms with Crippen LogP contribution in [0.15, 0.2) is 71.9 Å². The molecule has 0 N–H and O–H groups in total. The van der Waals surface area contributed by atoms with E-state index in [0.29, 0.717) is 16.4 Å². The van der Waals surface area contributed by atoms with Crippen LogP contribution in [-0.2, 0) is 21.3 Å². The highest BCUT2D eigenvalue weighted by Gasteiger charge is 2.31. The van der Waals surface area contributed by atoms with Crippen molar-refractivity contribution >= 4 is 48.7 Å². The smallest absolute Gasteiger partial charge is 0.409 e. The van der Waals surface area contributed by atoms with Crippen LogP contribution in [0, 0.1) is 0 Å². The Kier molecular flexibility index (Phi) is 8.47. The van der Waals surface area contributed by atoms with Crippen molar-refractivity contribution in [1.29, 1.82) is 0 Å². The summed E-state index contributed by atoms with van der Waals surface area (Å²) in [7, 11) is -2.22. The van der Waals surface area contributed by atoms with Crippen molar-refractivity contribution in [2.24, 2.45) is 0 Å². The van der Waals surface area contributed by atoms with Gasteiger partial charge in [0.25, 0.3) is 5.91 Å². The van der Waals surface area contributed by atoms with Gasteiger partial charge in [0.1, 0.15) is 5.75 Å². The van der Waals surface area contributed by atoms with E-state index in [9.17, 15) is 18.0 Å². The number of anilines is 1. The summed E-state index contributed by atoms with van der Waals surface area (Å²) in [5.41, 5.74) is 1.87. The maximum absolute atomic E-state index is 13.8. The number of piperazine rings is 1. The molecule has 0 bridgehead atoms. The highest BCUT2D eigenvalue weighted by Crippen LogP contribution is 2.33. The van der Waals surface area contributed by atoms with Crippen LogP contribution in [-0.4, -0.2) is 79.5 Å². The monoisotopic (exact) mass is 595 g/mol. The third-order valence-electron chi connectivity index (χ3n) is 6.63. The van der Waals surface area contributed by atoms with Crippen molar-refractivity contribution in [3.63, 3.8) is 0 Å². The number of rotatable bonds is 8. The van der Waals surface area contributed by atoms with Gasteiger partial charge in [0.2, 0.25) is 10.0 Å². The van der Waals surface area contributed by atoms with Crippen LogP contribution in [0.25, 0.3) is 10.2 Å². The summed E-state index contributed by atoms with van der Waals surface area (Å²) in [6.45, 7) is 3.01. The van der Waals surface area contributed by atoms with E-state index in [-0.39, 0.29) is 50.1 Å². The molecule has 2 amide bonds. The van der Waals surface area contributed by atoms with Crippen LogP contribution in [0.1, 0.15) is 22.8 Å². The van der Waals surface area contributed by atoms with E-state index in [0.717, 1.165) is 15.8 Å². The molecule has 0 atom stereocenters. The predicted molar refractivity (Wildman–Crippen MR) is 155 cm³/mol. The Balaban J connectivity index is 1.37. The van der Waals surface area contributed by atoms with Gasteiger partial charge in [-0.15, -0.1) is 0 Å². The molecule has 1 aliphatic rings. The first-order valence-corrected chi connectivity index (χ1v) is 15.2. The Morgan fingerprint density at radius 2 is 1.80 bits per heavy atom. The topological polar surface area (TPSA) is 122 Å². The normalized spacial score (nSPS) is 14.1. The Morgan fingerprint density at radius 1 is 1.05 bits per heavy atom. The molecule has 3 heterocycles. The highest BCUT2D eigenvalue weighted by molar-refractivity contribution is 7.89. The average molecular weight is 596 g/mol. The predicted octanol–water partition coefficient (Wildman–Crippen LogP) is 4.01. The van der Waals surface area contributed by atoms with Gasteiger partial charge >= 0.3 is 6.09 Å². The number of hydrogen-bond acceptors (Lipinski definition) is 9. The minimum absolute atomic E-state index is 0.0736. The first kappa shape index (κ1) is 28.5. The van der Waals surface area contributed by atoms with Gasteiger partial charge in [0.05, 0.1) is 35.4 Å². The van der Waals surface area contributed by atoms with Crippen molar-refractivity contribution in [2.75, 3.05) is 44.8 Å². The summed E-state index contributed by atoms with van der Waals surface area (Å²) in [6, 6.07) is 15.1. The fourth-order valence-electron chi connectivity index (χ4n) is 4.44. The number of hydrogen-bond donors (Lipinski definition) is 0. The molecule has 1 fully saturated rings. The maximum atomic E-state index is 13.8. The zero-order valence-corrected chi connectivity index (χ0v) is 24.2. The molecule has 5 rings (SSSR count). The number of methoxy groups -OCH3 is 1. The summed E-state index contributed by atoms with van der Waals surface area (Å²) in [5, 5.41) is 0.498. The molecule has 0 aliphatic carbocycles. The first-order chi connectivity index (χ1) is 19.8. The lowest BCUT2D eigenvalue weighted by molar-refractivity contribution is 0.0933. The maximum Gasteiger partial charge on any atom is 0.409 e. The summed E-state index contributed by atoms with van der Waals surface area (Å²) in [5.74, 6) is 0.365. The third-order valence-corrected chi connectivity index (χ3v) is 9.58. The number of carbonyl (C=O) groups excluding carboxylic acids is 2. The van der Waals surface area contributed by atoms with Crippen LogP contribution in [0.2, 0.25) is 0 Å². The number of carbonyl (C=O) groups is 2. The summed E-state index contributed by atoms with van der Waals surface area (Å²) in [4.78, 5) is 37.7. The van der Waals surface area contributed by atoms with E-state index in [1.807, 2.05) is 24.3 Å². The summed E-state index contributed by atoms with van der Waals surface area (Å²) >= 11 is 1.36. The SMILES string of the molecule is CCOC(=O)N1CCN(S(=O)(=O)c2ccc(C(=O)N(Cc3cccnc3)c3nc4ccc(OC)cc4s3)cc2)CC1. The Labute approximate surface area is 242 Å². The Hall–Kier alpha value is -4.07. The van der Waals surface area contributed by atoms with Crippen LogP contribution in [0.4, 0.5) is 9.93 Å². The largest absolute Gasteiger partial charge is 0.497 e. The minimum Gasteiger partial charge on any atom is -0.497 e. The lowest BCUT2D eigenvalue weighted by Crippen LogP contribution is -2.50. The van der Waals surface area contributed by atoms with Crippen LogP contribution >= 0.6 is 11.3 Å². The van der Waals surface area contributed by atoms with E-state index < -0.39 is 16.1 Å². The van der Waals surface area contributed by atoms with Crippen molar-refractivity contribution in [3.05, 3.63) is 78.1 Å². The molecule has 0 spiro atoms. The standard InChI is InChI=1S/C28H29N5O6S2/c1-3-39-28(35)31-13-15-32(16-14-31)41(36,37)23-9-6-21(7-10-23)26(34)33(19-20-5-4-12-29-18-20)27-30-24-11-8-22(38-2)17-25(24)40-27/h4-12,17-18H,3,13-16,19H2,1-2H3. The molecule has 13 heteroatoms. The Morgan fingerprint density at radius 3 is 2.46 bits per heavy atom. The van der Waals surface area contributed by atoms with E-state index in [4.69, 9.17) is 9.47 Å². The van der Waals surface area contributed by atoms with Gasteiger partial charge in [0, 0.05) is 44.1 Å². The van der Waals surface area contributed by atoms with Crippen LogP contribution in [0.3, 0.4) is 0 Å².